The Morgan fingerprint density at radius 2 is 2.06 bits per heavy atom. The lowest BCUT2D eigenvalue weighted by atomic mass is 10.1. The van der Waals surface area contributed by atoms with E-state index in [0.717, 1.165) is 13.0 Å². The molecule has 3 nitrogen and oxygen atoms in total. The molecule has 1 aliphatic rings. The van der Waals surface area contributed by atoms with Crippen molar-refractivity contribution in [1.29, 1.82) is 0 Å². The highest BCUT2D eigenvalue weighted by atomic mass is 16.5. The summed E-state index contributed by atoms with van der Waals surface area (Å²) in [5.41, 5.74) is 2.49. The van der Waals surface area contributed by atoms with Gasteiger partial charge >= 0.3 is 5.97 Å². The fraction of sp³-hybridized carbons (Fsp3) is 0.462. The first-order valence-electron chi connectivity index (χ1n) is 5.59. The molecule has 0 amide bonds. The molecule has 0 radical (unpaired) electrons. The second-order valence-corrected chi connectivity index (χ2v) is 4.37. The summed E-state index contributed by atoms with van der Waals surface area (Å²) in [6, 6.07) is 8.33. The van der Waals surface area contributed by atoms with Crippen molar-refractivity contribution >= 4 is 5.97 Å². The Morgan fingerprint density at radius 1 is 1.38 bits per heavy atom. The van der Waals surface area contributed by atoms with E-state index < -0.39 is 0 Å². The number of hydrogen-bond acceptors (Lipinski definition) is 3. The molecule has 1 saturated heterocycles. The zero-order valence-electron chi connectivity index (χ0n) is 9.77. The summed E-state index contributed by atoms with van der Waals surface area (Å²) < 4.78 is 4.96. The van der Waals surface area contributed by atoms with E-state index in [1.54, 1.807) is 0 Å². The average molecular weight is 219 g/mol. The molecule has 0 unspecified atom stereocenters. The predicted octanol–water partition coefficient (Wildman–Crippen LogP) is 1.74. The Balaban J connectivity index is 1.98. The summed E-state index contributed by atoms with van der Waals surface area (Å²) in [7, 11) is 1.97. The van der Waals surface area contributed by atoms with Crippen LogP contribution in [0.15, 0.2) is 24.3 Å². The van der Waals surface area contributed by atoms with Crippen LogP contribution >= 0.6 is 0 Å². The average Bonchev–Trinajstić information content (AvgIpc) is 2.68. The maximum atomic E-state index is 11.4. The van der Waals surface area contributed by atoms with Crippen LogP contribution in [0.1, 0.15) is 17.5 Å². The summed E-state index contributed by atoms with van der Waals surface area (Å²) in [5.74, 6) is -0.0883. The SMILES string of the molecule is Cc1ccc(CN(C)[C@H]2CCOC2=O)cc1. The lowest BCUT2D eigenvalue weighted by Gasteiger charge is -2.20. The van der Waals surface area contributed by atoms with Crippen molar-refractivity contribution in [3.05, 3.63) is 35.4 Å². The van der Waals surface area contributed by atoms with E-state index in [1.165, 1.54) is 11.1 Å². The number of carbonyl (C=O) groups excluding carboxylic acids is 1. The molecule has 0 N–H and O–H groups in total. The van der Waals surface area contributed by atoms with Crippen LogP contribution < -0.4 is 0 Å². The standard InChI is InChI=1S/C13H17NO2/c1-10-3-5-11(6-4-10)9-14(2)12-7-8-16-13(12)15/h3-6,12H,7-9H2,1-2H3/t12-/m0/s1. The van der Waals surface area contributed by atoms with Crippen LogP contribution in [0.5, 0.6) is 0 Å². The largest absolute Gasteiger partial charge is 0.464 e. The number of rotatable bonds is 3. The fourth-order valence-electron chi connectivity index (χ4n) is 1.98. The summed E-state index contributed by atoms with van der Waals surface area (Å²) in [4.78, 5) is 13.5. The van der Waals surface area contributed by atoms with Crippen molar-refractivity contribution in [1.82, 2.24) is 4.90 Å². The highest BCUT2D eigenvalue weighted by molar-refractivity contribution is 5.77. The number of aryl methyl sites for hydroxylation is 1. The maximum absolute atomic E-state index is 11.4. The van der Waals surface area contributed by atoms with Crippen LogP contribution in [0, 0.1) is 6.92 Å². The summed E-state index contributed by atoms with van der Waals surface area (Å²) in [5, 5.41) is 0. The van der Waals surface area contributed by atoms with Gasteiger partial charge in [-0.2, -0.15) is 0 Å². The minimum absolute atomic E-state index is 0.0682. The van der Waals surface area contributed by atoms with Crippen LogP contribution in [0.4, 0.5) is 0 Å². The number of benzene rings is 1. The van der Waals surface area contributed by atoms with Gasteiger partial charge in [-0.15, -0.1) is 0 Å². The molecule has 1 aromatic rings. The first-order chi connectivity index (χ1) is 7.66. The van der Waals surface area contributed by atoms with Crippen molar-refractivity contribution in [2.24, 2.45) is 0 Å². The number of likely N-dealkylation sites (N-methyl/N-ethyl adjacent to an activating group) is 1. The van der Waals surface area contributed by atoms with E-state index in [1.807, 2.05) is 7.05 Å². The van der Waals surface area contributed by atoms with Crippen LogP contribution in [0.3, 0.4) is 0 Å². The van der Waals surface area contributed by atoms with Crippen molar-refractivity contribution in [3.63, 3.8) is 0 Å². The second-order valence-electron chi connectivity index (χ2n) is 4.37. The lowest BCUT2D eigenvalue weighted by Crippen LogP contribution is -2.34. The Labute approximate surface area is 96.0 Å². The van der Waals surface area contributed by atoms with Crippen LogP contribution in [0.25, 0.3) is 0 Å². The molecule has 1 atom stereocenters. The molecular weight excluding hydrogens is 202 g/mol. The molecule has 1 aromatic carbocycles. The molecule has 3 heteroatoms. The van der Waals surface area contributed by atoms with Gasteiger partial charge in [0.2, 0.25) is 0 Å². The molecule has 1 heterocycles. The van der Waals surface area contributed by atoms with Crippen molar-refractivity contribution < 1.29 is 9.53 Å². The quantitative estimate of drug-likeness (QED) is 0.725. The van der Waals surface area contributed by atoms with Gasteiger partial charge in [-0.3, -0.25) is 9.69 Å². The van der Waals surface area contributed by atoms with Crippen molar-refractivity contribution in [2.45, 2.75) is 25.9 Å². The normalized spacial score (nSPS) is 20.2. The lowest BCUT2D eigenvalue weighted by molar-refractivity contribution is -0.142. The first-order valence-corrected chi connectivity index (χ1v) is 5.59. The third-order valence-corrected chi connectivity index (χ3v) is 2.99. The molecule has 0 aromatic heterocycles. The molecular formula is C13H17NO2. The van der Waals surface area contributed by atoms with E-state index >= 15 is 0 Å². The number of carbonyl (C=O) groups is 1. The van der Waals surface area contributed by atoms with Crippen molar-refractivity contribution in [3.8, 4) is 0 Å². The Kier molecular flexibility index (Phi) is 3.25. The first kappa shape index (κ1) is 11.1. The number of nitrogens with zero attached hydrogens (tertiary/aromatic N) is 1. The Hall–Kier alpha value is -1.35. The topological polar surface area (TPSA) is 29.5 Å². The van der Waals surface area contributed by atoms with Gasteiger partial charge in [0, 0.05) is 13.0 Å². The zero-order valence-corrected chi connectivity index (χ0v) is 9.77. The molecule has 2 rings (SSSR count). The zero-order chi connectivity index (χ0) is 11.5. The van der Waals surface area contributed by atoms with E-state index in [9.17, 15) is 4.79 Å². The van der Waals surface area contributed by atoms with Gasteiger partial charge < -0.3 is 4.74 Å². The fourth-order valence-corrected chi connectivity index (χ4v) is 1.98. The summed E-state index contributed by atoms with van der Waals surface area (Å²) >= 11 is 0. The highest BCUT2D eigenvalue weighted by Crippen LogP contribution is 2.15. The molecule has 0 bridgehead atoms. The molecule has 1 fully saturated rings. The smallest absolute Gasteiger partial charge is 0.323 e. The third kappa shape index (κ3) is 2.42. The molecule has 1 aliphatic heterocycles. The molecule has 0 saturated carbocycles. The molecule has 0 spiro atoms. The highest BCUT2D eigenvalue weighted by Gasteiger charge is 2.29. The van der Waals surface area contributed by atoms with Gasteiger partial charge in [-0.05, 0) is 19.5 Å². The summed E-state index contributed by atoms with van der Waals surface area (Å²) in [6.45, 7) is 3.42. The van der Waals surface area contributed by atoms with E-state index in [2.05, 4.69) is 36.1 Å². The van der Waals surface area contributed by atoms with E-state index in [0.29, 0.717) is 6.61 Å². The number of esters is 1. The monoisotopic (exact) mass is 219 g/mol. The van der Waals surface area contributed by atoms with E-state index in [4.69, 9.17) is 4.74 Å². The number of ether oxygens (including phenoxy) is 1. The van der Waals surface area contributed by atoms with Gasteiger partial charge in [0.1, 0.15) is 6.04 Å². The van der Waals surface area contributed by atoms with Gasteiger partial charge in [-0.1, -0.05) is 29.8 Å². The van der Waals surface area contributed by atoms with Gasteiger partial charge in [-0.25, -0.2) is 0 Å². The van der Waals surface area contributed by atoms with Gasteiger partial charge in [0.15, 0.2) is 0 Å². The molecule has 86 valence electrons. The predicted molar refractivity (Wildman–Crippen MR) is 62.0 cm³/mol. The van der Waals surface area contributed by atoms with Crippen LogP contribution in [-0.4, -0.2) is 30.6 Å². The number of hydrogen-bond donors (Lipinski definition) is 0. The Morgan fingerprint density at radius 3 is 2.62 bits per heavy atom. The van der Waals surface area contributed by atoms with E-state index in [-0.39, 0.29) is 12.0 Å². The third-order valence-electron chi connectivity index (χ3n) is 2.99. The maximum Gasteiger partial charge on any atom is 0.323 e. The second kappa shape index (κ2) is 4.66. The summed E-state index contributed by atoms with van der Waals surface area (Å²) in [6.07, 6.45) is 0.807. The minimum atomic E-state index is -0.0883. The van der Waals surface area contributed by atoms with Gasteiger partial charge in [0.05, 0.1) is 6.61 Å². The Bertz CT molecular complexity index is 372. The van der Waals surface area contributed by atoms with Crippen molar-refractivity contribution in [2.75, 3.05) is 13.7 Å². The van der Waals surface area contributed by atoms with Crippen LogP contribution in [0.2, 0.25) is 0 Å². The molecule has 0 aliphatic carbocycles. The van der Waals surface area contributed by atoms with Crippen LogP contribution in [-0.2, 0) is 16.1 Å². The number of cyclic esters (lactones) is 1. The van der Waals surface area contributed by atoms with Gasteiger partial charge in [0.25, 0.3) is 0 Å². The minimum Gasteiger partial charge on any atom is -0.464 e. The molecule has 16 heavy (non-hydrogen) atoms.